The van der Waals surface area contributed by atoms with Crippen molar-refractivity contribution in [3.63, 3.8) is 0 Å². The third kappa shape index (κ3) is 2.74. The van der Waals surface area contributed by atoms with Gasteiger partial charge in [-0.05, 0) is 25.1 Å². The highest BCUT2D eigenvalue weighted by atomic mass is 19.1. The van der Waals surface area contributed by atoms with Crippen molar-refractivity contribution in [3.8, 4) is 0 Å². The Balaban J connectivity index is 1.44. The summed E-state index contributed by atoms with van der Waals surface area (Å²) in [5.41, 5.74) is 2.49. The van der Waals surface area contributed by atoms with E-state index in [0.717, 1.165) is 10.6 Å². The minimum atomic E-state index is -0.593. The van der Waals surface area contributed by atoms with Crippen molar-refractivity contribution in [2.24, 2.45) is 4.99 Å². The second-order valence-corrected chi connectivity index (χ2v) is 7.88. The molecule has 0 aromatic heterocycles. The van der Waals surface area contributed by atoms with Crippen LogP contribution in [0.1, 0.15) is 11.1 Å². The number of halogens is 1. The van der Waals surface area contributed by atoms with E-state index < -0.39 is 24.1 Å². The molecule has 7 nitrogen and oxygen atoms in total. The number of guanidine groups is 1. The predicted molar refractivity (Wildman–Crippen MR) is 110 cm³/mol. The Hall–Kier alpha value is -3.42. The minimum Gasteiger partial charge on any atom is -0.325 e. The molecule has 2 fully saturated rings. The van der Waals surface area contributed by atoms with Gasteiger partial charge >= 0.3 is 6.03 Å². The number of nitrogens with zero attached hydrogens (tertiary/aromatic N) is 5. The van der Waals surface area contributed by atoms with Crippen LogP contribution in [0.15, 0.2) is 53.5 Å². The van der Waals surface area contributed by atoms with Crippen LogP contribution >= 0.6 is 0 Å². The number of fused-ring (bicyclic) bond motifs is 3. The topological polar surface area (TPSA) is 59.5 Å². The highest BCUT2D eigenvalue weighted by Crippen LogP contribution is 2.34. The van der Waals surface area contributed by atoms with Crippen molar-refractivity contribution >= 4 is 23.6 Å². The molecule has 3 amide bonds. The summed E-state index contributed by atoms with van der Waals surface area (Å²) in [7, 11) is 1.64. The first-order valence-corrected chi connectivity index (χ1v) is 9.96. The molecule has 0 spiro atoms. The second-order valence-electron chi connectivity index (χ2n) is 7.88. The van der Waals surface area contributed by atoms with Crippen LogP contribution in [0.3, 0.4) is 0 Å². The number of hydrogen-bond donors (Lipinski definition) is 0. The van der Waals surface area contributed by atoms with Crippen LogP contribution < -0.4 is 4.90 Å². The quantitative estimate of drug-likeness (QED) is 0.784. The first kappa shape index (κ1) is 18.6. The van der Waals surface area contributed by atoms with Gasteiger partial charge in [0, 0.05) is 31.4 Å². The van der Waals surface area contributed by atoms with Crippen molar-refractivity contribution in [2.75, 3.05) is 25.0 Å². The van der Waals surface area contributed by atoms with E-state index in [2.05, 4.69) is 4.90 Å². The number of carbonyl (C=O) groups excluding carboxylic acids is 2. The molecule has 2 aromatic rings. The minimum absolute atomic E-state index is 0.0945. The van der Waals surface area contributed by atoms with Crippen LogP contribution in [0.25, 0.3) is 0 Å². The normalized spacial score (nSPS) is 23.1. The van der Waals surface area contributed by atoms with Gasteiger partial charge in [-0.1, -0.05) is 35.9 Å². The molecule has 2 unspecified atom stereocenters. The standard InChI is InChI=1S/C22H22FN5O2/c1-14-7-9-16(10-8-14)26-11-12-27-18-19(24-21(26)27)25(2)22(30)28(20(18)29)13-15-5-3-4-6-17(15)23/h3-10,18-19H,11-13H2,1-2H3. The maximum Gasteiger partial charge on any atom is 0.328 e. The van der Waals surface area contributed by atoms with Crippen molar-refractivity contribution in [2.45, 2.75) is 25.7 Å². The molecule has 30 heavy (non-hydrogen) atoms. The lowest BCUT2D eigenvalue weighted by atomic mass is 10.1. The number of anilines is 1. The fourth-order valence-electron chi connectivity index (χ4n) is 4.35. The summed E-state index contributed by atoms with van der Waals surface area (Å²) in [5.74, 6) is -0.0663. The van der Waals surface area contributed by atoms with Gasteiger partial charge in [0.1, 0.15) is 5.82 Å². The Morgan fingerprint density at radius 1 is 1.07 bits per heavy atom. The van der Waals surface area contributed by atoms with Gasteiger partial charge in [-0.2, -0.15) is 0 Å². The monoisotopic (exact) mass is 407 g/mol. The lowest BCUT2D eigenvalue weighted by Gasteiger charge is -2.40. The Morgan fingerprint density at radius 3 is 2.53 bits per heavy atom. The lowest BCUT2D eigenvalue weighted by molar-refractivity contribution is -0.137. The molecule has 0 bridgehead atoms. The molecule has 2 saturated heterocycles. The summed E-state index contributed by atoms with van der Waals surface area (Å²) in [5, 5.41) is 0. The molecule has 8 heteroatoms. The highest BCUT2D eigenvalue weighted by Gasteiger charge is 2.54. The maximum absolute atomic E-state index is 14.1. The number of amides is 3. The summed E-state index contributed by atoms with van der Waals surface area (Å²) in [6.07, 6.45) is -0.579. The molecule has 3 heterocycles. The van der Waals surface area contributed by atoms with E-state index in [0.29, 0.717) is 24.6 Å². The zero-order valence-electron chi connectivity index (χ0n) is 16.8. The number of carbonyl (C=O) groups is 2. The Bertz CT molecular complexity index is 1050. The van der Waals surface area contributed by atoms with Crippen LogP contribution in [0.2, 0.25) is 0 Å². The number of urea groups is 1. The second kappa shape index (κ2) is 6.83. The van der Waals surface area contributed by atoms with Crippen LogP contribution in [-0.2, 0) is 11.3 Å². The Labute approximate surface area is 174 Å². The molecule has 2 aromatic carbocycles. The fourth-order valence-corrected chi connectivity index (χ4v) is 4.35. The molecule has 2 atom stereocenters. The van der Waals surface area contributed by atoms with Crippen molar-refractivity contribution in [3.05, 3.63) is 65.5 Å². The smallest absolute Gasteiger partial charge is 0.325 e. The molecular weight excluding hydrogens is 385 g/mol. The number of benzene rings is 2. The predicted octanol–water partition coefficient (Wildman–Crippen LogP) is 2.41. The molecular formula is C22H22FN5O2. The van der Waals surface area contributed by atoms with Crippen molar-refractivity contribution in [1.82, 2.24) is 14.7 Å². The van der Waals surface area contributed by atoms with Crippen molar-refractivity contribution < 1.29 is 14.0 Å². The summed E-state index contributed by atoms with van der Waals surface area (Å²) in [4.78, 5) is 37.6. The van der Waals surface area contributed by atoms with E-state index in [4.69, 9.17) is 4.99 Å². The zero-order valence-corrected chi connectivity index (χ0v) is 16.8. The molecule has 3 aliphatic rings. The van der Waals surface area contributed by atoms with Crippen LogP contribution in [-0.4, -0.2) is 64.9 Å². The van der Waals surface area contributed by atoms with E-state index >= 15 is 0 Å². The molecule has 0 saturated carbocycles. The molecule has 154 valence electrons. The van der Waals surface area contributed by atoms with Gasteiger partial charge in [-0.15, -0.1) is 0 Å². The Kier molecular flexibility index (Phi) is 4.23. The van der Waals surface area contributed by atoms with Gasteiger partial charge < -0.3 is 14.7 Å². The third-order valence-electron chi connectivity index (χ3n) is 6.01. The Morgan fingerprint density at radius 2 is 1.80 bits per heavy atom. The van der Waals surface area contributed by atoms with Gasteiger partial charge in [-0.3, -0.25) is 9.69 Å². The maximum atomic E-state index is 14.1. The summed E-state index contributed by atoms with van der Waals surface area (Å²) < 4.78 is 14.1. The van der Waals surface area contributed by atoms with Crippen molar-refractivity contribution in [1.29, 1.82) is 0 Å². The molecule has 3 aliphatic heterocycles. The number of rotatable bonds is 3. The summed E-state index contributed by atoms with van der Waals surface area (Å²) in [6, 6.07) is 13.3. The first-order chi connectivity index (χ1) is 14.5. The van der Waals surface area contributed by atoms with Crippen LogP contribution in [0, 0.1) is 12.7 Å². The number of hydrogen-bond acceptors (Lipinski definition) is 5. The number of imide groups is 1. The van der Waals surface area contributed by atoms with E-state index in [1.165, 1.54) is 16.5 Å². The van der Waals surface area contributed by atoms with E-state index in [-0.39, 0.29) is 12.5 Å². The average molecular weight is 407 g/mol. The van der Waals surface area contributed by atoms with E-state index in [1.54, 1.807) is 25.2 Å². The molecule has 0 radical (unpaired) electrons. The van der Waals surface area contributed by atoms with Gasteiger partial charge in [0.05, 0.1) is 6.54 Å². The number of aliphatic imine (C=N–C) groups is 1. The summed E-state index contributed by atoms with van der Waals surface area (Å²) >= 11 is 0. The fraction of sp³-hybridized carbons (Fsp3) is 0.318. The van der Waals surface area contributed by atoms with E-state index in [1.807, 2.05) is 36.1 Å². The van der Waals surface area contributed by atoms with Gasteiger partial charge in [-0.25, -0.2) is 14.2 Å². The highest BCUT2D eigenvalue weighted by molar-refractivity contribution is 6.07. The molecule has 0 aliphatic carbocycles. The van der Waals surface area contributed by atoms with Crippen LogP contribution in [0.4, 0.5) is 14.9 Å². The van der Waals surface area contributed by atoms with E-state index in [9.17, 15) is 14.0 Å². The summed E-state index contributed by atoms with van der Waals surface area (Å²) in [6.45, 7) is 3.28. The molecule has 5 rings (SSSR count). The SMILES string of the molecule is Cc1ccc(N2CCN3C2=NC2C3C(=O)N(Cc3ccccc3F)C(=O)N2C)cc1. The van der Waals surface area contributed by atoms with Crippen LogP contribution in [0.5, 0.6) is 0 Å². The molecule has 0 N–H and O–H groups in total. The average Bonchev–Trinajstić information content (AvgIpc) is 3.31. The zero-order chi connectivity index (χ0) is 21.0. The third-order valence-corrected chi connectivity index (χ3v) is 6.01. The van der Waals surface area contributed by atoms with Gasteiger partial charge in [0.25, 0.3) is 5.91 Å². The number of aryl methyl sites for hydroxylation is 1. The van der Waals surface area contributed by atoms with Gasteiger partial charge in [0.15, 0.2) is 12.2 Å². The van der Waals surface area contributed by atoms with Gasteiger partial charge in [0.2, 0.25) is 5.96 Å². The number of likely N-dealkylation sites (N-methyl/N-ethyl adjacent to an activating group) is 1. The largest absolute Gasteiger partial charge is 0.328 e. The lowest BCUT2D eigenvalue weighted by Crippen LogP contribution is -2.64. The first-order valence-electron chi connectivity index (χ1n) is 9.96.